The highest BCUT2D eigenvalue weighted by atomic mass is 35.5. The van der Waals surface area contributed by atoms with E-state index in [9.17, 15) is 23.2 Å². The first-order valence-corrected chi connectivity index (χ1v) is 11.5. The molecule has 2 heterocycles. The fourth-order valence-electron chi connectivity index (χ4n) is 3.78. The van der Waals surface area contributed by atoms with Gasteiger partial charge in [-0.25, -0.2) is 18.2 Å². The number of likely N-dealkylation sites (tertiary alicyclic amines) is 1. The number of ether oxygens (including phenoxy) is 1. The third-order valence-electron chi connectivity index (χ3n) is 5.54. The van der Waals surface area contributed by atoms with Gasteiger partial charge in [0.05, 0.1) is 18.3 Å². The lowest BCUT2D eigenvalue weighted by Crippen LogP contribution is -2.45. The molecule has 0 aliphatic carbocycles. The van der Waals surface area contributed by atoms with Crippen molar-refractivity contribution < 1.29 is 22.7 Å². The summed E-state index contributed by atoms with van der Waals surface area (Å²) < 4.78 is 44.9. The maximum absolute atomic E-state index is 13.4. The van der Waals surface area contributed by atoms with Gasteiger partial charge in [0.2, 0.25) is 11.9 Å². The lowest BCUT2D eigenvalue weighted by atomic mass is 10.0. The number of hydrazone groups is 1. The van der Waals surface area contributed by atoms with Gasteiger partial charge in [0.1, 0.15) is 6.61 Å². The van der Waals surface area contributed by atoms with E-state index < -0.39 is 18.7 Å². The summed E-state index contributed by atoms with van der Waals surface area (Å²) in [4.78, 5) is 18.5. The van der Waals surface area contributed by atoms with Crippen LogP contribution >= 0.6 is 11.6 Å². The van der Waals surface area contributed by atoms with Crippen LogP contribution in [0.15, 0.2) is 47.0 Å². The van der Waals surface area contributed by atoms with Crippen molar-refractivity contribution in [3.8, 4) is 6.19 Å². The lowest BCUT2D eigenvalue weighted by molar-refractivity contribution is -0.128. The zero-order chi connectivity index (χ0) is 25.4. The molecule has 1 saturated heterocycles. The van der Waals surface area contributed by atoms with Crippen LogP contribution in [0, 0.1) is 11.5 Å². The number of carbonyl (C=O) groups excluding carboxylic acids is 1. The molecule has 188 valence electrons. The molecule has 1 N–H and O–H groups in total. The molecule has 1 amide bonds. The zero-order valence-corrected chi connectivity index (χ0v) is 19.7. The Morgan fingerprint density at radius 3 is 2.83 bits per heavy atom. The van der Waals surface area contributed by atoms with Gasteiger partial charge in [-0.1, -0.05) is 36.4 Å². The van der Waals surface area contributed by atoms with Crippen molar-refractivity contribution in [3.05, 3.63) is 47.5 Å². The predicted molar refractivity (Wildman–Crippen MR) is 126 cm³/mol. The fraction of sp³-hybridized carbons (Fsp3) is 0.478. The smallest absolute Gasteiger partial charge is 0.304 e. The second-order valence-electron chi connectivity index (χ2n) is 8.03. The molecular weight excluding hydrogens is 485 g/mol. The number of nitrogens with zero attached hydrogens (tertiary/aromatic N) is 5. The molecule has 3 rings (SSSR count). The van der Waals surface area contributed by atoms with Crippen molar-refractivity contribution in [2.24, 2.45) is 10.1 Å². The molecule has 0 radical (unpaired) electrons. The number of hydrogen-bond donors (Lipinski definition) is 1. The van der Waals surface area contributed by atoms with Crippen LogP contribution in [0.25, 0.3) is 0 Å². The van der Waals surface area contributed by atoms with Gasteiger partial charge < -0.3 is 9.64 Å². The summed E-state index contributed by atoms with van der Waals surface area (Å²) in [5.41, 5.74) is 1.44. The molecule has 0 bridgehead atoms. The van der Waals surface area contributed by atoms with Gasteiger partial charge in [0.15, 0.2) is 12.4 Å². The molecule has 2 unspecified atom stereocenters. The summed E-state index contributed by atoms with van der Waals surface area (Å²) in [5, 5.41) is 18.4. The standard InChI is InChI=1S/C23H26ClF3N6O2/c1-2-19(25)23(26,27)14-35-12-4-10-29-22(30-15-28)33-13-18(32-11-3-5-20(32)34)21(31-33)16-6-8-17(24)9-7-16/h2,6-9,18-19H,1,3-5,10-14H2,(H,29,30). The molecule has 8 nitrogen and oxygen atoms in total. The molecule has 0 aromatic heterocycles. The molecule has 2 aliphatic rings. The van der Waals surface area contributed by atoms with Gasteiger partial charge in [-0.3, -0.25) is 15.1 Å². The Labute approximate surface area is 206 Å². The SMILES string of the molecule is C=CC(F)C(F)(F)COCCCN=C(NC#N)N1CC(N2CCCC2=O)C(c2ccc(Cl)cc2)=N1. The highest BCUT2D eigenvalue weighted by molar-refractivity contribution is 6.30. The zero-order valence-electron chi connectivity index (χ0n) is 19.0. The maximum Gasteiger partial charge on any atom is 0.304 e. The van der Waals surface area contributed by atoms with Crippen LogP contribution in [0.4, 0.5) is 13.2 Å². The van der Waals surface area contributed by atoms with E-state index in [2.05, 4.69) is 22.0 Å². The number of alkyl halides is 3. The van der Waals surface area contributed by atoms with Crippen molar-refractivity contribution in [3.63, 3.8) is 0 Å². The maximum atomic E-state index is 13.4. The largest absolute Gasteiger partial charge is 0.375 e. The number of nitrogens with one attached hydrogen (secondary N) is 1. The summed E-state index contributed by atoms with van der Waals surface area (Å²) in [6, 6.07) is 6.76. The molecule has 1 aromatic carbocycles. The monoisotopic (exact) mass is 510 g/mol. The van der Waals surface area contributed by atoms with Gasteiger partial charge in [-0.2, -0.15) is 10.4 Å². The molecule has 1 aromatic rings. The first-order chi connectivity index (χ1) is 16.8. The van der Waals surface area contributed by atoms with Gasteiger partial charge in [-0.05, 0) is 25.0 Å². The average molecular weight is 511 g/mol. The number of amides is 1. The second-order valence-corrected chi connectivity index (χ2v) is 8.46. The number of aliphatic imine (C=N–C) groups is 1. The molecule has 0 spiro atoms. The van der Waals surface area contributed by atoms with Crippen LogP contribution in [-0.4, -0.2) is 78.5 Å². The Morgan fingerprint density at radius 1 is 1.46 bits per heavy atom. The minimum atomic E-state index is -3.65. The van der Waals surface area contributed by atoms with Crippen molar-refractivity contribution in [1.29, 1.82) is 5.26 Å². The van der Waals surface area contributed by atoms with Gasteiger partial charge in [0, 0.05) is 36.7 Å². The number of carbonyl (C=O) groups is 1. The lowest BCUT2D eigenvalue weighted by Gasteiger charge is -2.25. The van der Waals surface area contributed by atoms with Crippen LogP contribution in [0.5, 0.6) is 0 Å². The molecule has 0 saturated carbocycles. The fourth-order valence-corrected chi connectivity index (χ4v) is 3.91. The van der Waals surface area contributed by atoms with Crippen molar-refractivity contribution in [1.82, 2.24) is 15.2 Å². The topological polar surface area (TPSA) is 93.3 Å². The number of nitriles is 1. The minimum Gasteiger partial charge on any atom is -0.375 e. The first kappa shape index (κ1) is 26.5. The summed E-state index contributed by atoms with van der Waals surface area (Å²) in [5.74, 6) is -3.46. The summed E-state index contributed by atoms with van der Waals surface area (Å²) >= 11 is 6.01. The van der Waals surface area contributed by atoms with E-state index in [1.54, 1.807) is 17.0 Å². The summed E-state index contributed by atoms with van der Waals surface area (Å²) in [7, 11) is 0. The Kier molecular flexibility index (Phi) is 9.12. The Balaban J connectivity index is 1.68. The number of rotatable bonds is 10. The summed E-state index contributed by atoms with van der Waals surface area (Å²) in [6.07, 6.45) is 1.36. The Hall–Kier alpha value is -3.10. The van der Waals surface area contributed by atoms with Crippen molar-refractivity contribution in [2.45, 2.75) is 37.4 Å². The van der Waals surface area contributed by atoms with Crippen molar-refractivity contribution >= 4 is 29.2 Å². The summed E-state index contributed by atoms with van der Waals surface area (Å²) in [6.45, 7) is 2.91. The number of hydrogen-bond acceptors (Lipinski definition) is 5. The number of allylic oxidation sites excluding steroid dienone is 1. The van der Waals surface area contributed by atoms with Crippen LogP contribution in [0.1, 0.15) is 24.8 Å². The van der Waals surface area contributed by atoms with Crippen LogP contribution < -0.4 is 5.32 Å². The van der Waals surface area contributed by atoms with E-state index >= 15 is 0 Å². The van der Waals surface area contributed by atoms with E-state index in [1.165, 1.54) is 5.01 Å². The Morgan fingerprint density at radius 2 is 2.20 bits per heavy atom. The number of benzene rings is 1. The van der Waals surface area contributed by atoms with E-state index in [0.717, 1.165) is 12.0 Å². The average Bonchev–Trinajstić information content (AvgIpc) is 3.46. The normalized spacial score (nSPS) is 19.5. The molecule has 2 atom stereocenters. The second kappa shape index (κ2) is 12.0. The van der Waals surface area contributed by atoms with Gasteiger partial charge in [-0.15, -0.1) is 0 Å². The van der Waals surface area contributed by atoms with Crippen molar-refractivity contribution in [2.75, 3.05) is 32.8 Å². The van der Waals surface area contributed by atoms with Crippen LogP contribution in [-0.2, 0) is 9.53 Å². The van der Waals surface area contributed by atoms with E-state index in [0.29, 0.717) is 36.3 Å². The Bertz CT molecular complexity index is 1010. The number of guanidine groups is 1. The third kappa shape index (κ3) is 6.74. The van der Waals surface area contributed by atoms with Crippen LogP contribution in [0.3, 0.4) is 0 Å². The highest BCUT2D eigenvalue weighted by Crippen LogP contribution is 2.25. The molecule has 1 fully saturated rings. The first-order valence-electron chi connectivity index (χ1n) is 11.1. The predicted octanol–water partition coefficient (Wildman–Crippen LogP) is 3.34. The van der Waals surface area contributed by atoms with E-state index in [4.69, 9.17) is 16.3 Å². The quantitative estimate of drug-likeness (QED) is 0.130. The van der Waals surface area contributed by atoms with E-state index in [1.807, 2.05) is 18.3 Å². The molecule has 12 heteroatoms. The molecule has 35 heavy (non-hydrogen) atoms. The van der Waals surface area contributed by atoms with Gasteiger partial charge >= 0.3 is 5.92 Å². The molecular formula is C23H26ClF3N6O2. The van der Waals surface area contributed by atoms with E-state index in [-0.39, 0.29) is 37.5 Å². The highest BCUT2D eigenvalue weighted by Gasteiger charge is 2.39. The van der Waals surface area contributed by atoms with Crippen LogP contribution in [0.2, 0.25) is 5.02 Å². The molecule has 2 aliphatic heterocycles. The third-order valence-corrected chi connectivity index (χ3v) is 5.79. The number of halogens is 4. The minimum absolute atomic E-state index is 0.0335. The van der Waals surface area contributed by atoms with Gasteiger partial charge in [0.25, 0.3) is 0 Å².